The fraction of sp³-hybridized carbons (Fsp3) is 0.636. The van der Waals surface area contributed by atoms with Crippen LogP contribution in [0.25, 0.3) is 0 Å². The second-order valence-electron chi connectivity index (χ2n) is 4.72. The van der Waals surface area contributed by atoms with E-state index < -0.39 is 21.9 Å². The molecule has 2 rings (SSSR count). The maximum absolute atomic E-state index is 12.2. The van der Waals surface area contributed by atoms with E-state index in [1.165, 1.54) is 4.31 Å². The number of nitrogens with zero attached hydrogens (tertiary/aromatic N) is 2. The molecule has 106 valence electrons. The molecule has 0 aromatic carbocycles. The van der Waals surface area contributed by atoms with E-state index in [0.29, 0.717) is 30.8 Å². The van der Waals surface area contributed by atoms with Crippen LogP contribution in [0, 0.1) is 12.8 Å². The normalized spacial score (nSPS) is 21.4. The second kappa shape index (κ2) is 5.30. The van der Waals surface area contributed by atoms with Crippen LogP contribution in [0.2, 0.25) is 0 Å². The van der Waals surface area contributed by atoms with Crippen LogP contribution >= 0.6 is 0 Å². The lowest BCUT2D eigenvalue weighted by atomic mass is 10.0. The quantitative estimate of drug-likeness (QED) is 0.871. The van der Waals surface area contributed by atoms with Crippen LogP contribution in [-0.2, 0) is 20.6 Å². The van der Waals surface area contributed by atoms with E-state index in [9.17, 15) is 13.2 Å². The third-order valence-corrected chi connectivity index (χ3v) is 4.91. The first-order chi connectivity index (χ1) is 8.88. The Labute approximate surface area is 111 Å². The van der Waals surface area contributed by atoms with E-state index in [1.807, 2.05) is 0 Å². The Morgan fingerprint density at radius 1 is 1.63 bits per heavy atom. The molecule has 1 aliphatic heterocycles. The maximum atomic E-state index is 12.2. The molecule has 2 heterocycles. The molecule has 0 unspecified atom stereocenters. The summed E-state index contributed by atoms with van der Waals surface area (Å²) in [4.78, 5) is 10.9. The van der Waals surface area contributed by atoms with Gasteiger partial charge >= 0.3 is 5.97 Å². The number of carboxylic acids is 1. The van der Waals surface area contributed by atoms with Gasteiger partial charge in [-0.05, 0) is 19.8 Å². The van der Waals surface area contributed by atoms with Gasteiger partial charge in [0.15, 0.2) is 0 Å². The number of piperidine rings is 1. The molecule has 19 heavy (non-hydrogen) atoms. The number of rotatable bonds is 4. The van der Waals surface area contributed by atoms with E-state index in [-0.39, 0.29) is 12.3 Å². The van der Waals surface area contributed by atoms with Gasteiger partial charge in [0.1, 0.15) is 17.2 Å². The number of carboxylic acid groups (broad SMARTS) is 1. The van der Waals surface area contributed by atoms with Crippen molar-refractivity contribution in [2.75, 3.05) is 13.1 Å². The molecule has 0 spiro atoms. The molecule has 0 saturated carbocycles. The molecule has 1 aliphatic rings. The van der Waals surface area contributed by atoms with Crippen molar-refractivity contribution in [3.8, 4) is 0 Å². The molecule has 1 fully saturated rings. The number of hydrogen-bond acceptors (Lipinski definition) is 5. The first-order valence-electron chi connectivity index (χ1n) is 6.01. The highest BCUT2D eigenvalue weighted by molar-refractivity contribution is 7.88. The standard InChI is InChI=1S/C11H16N2O5S/c1-8-5-10(12-18-8)7-19(16,17)13-4-2-3-9(6-13)11(14)15/h5,9H,2-4,6-7H2,1H3,(H,14,15)/t9-/m0/s1. The van der Waals surface area contributed by atoms with Gasteiger partial charge in [0.2, 0.25) is 10.0 Å². The van der Waals surface area contributed by atoms with Crippen LogP contribution in [0.1, 0.15) is 24.3 Å². The summed E-state index contributed by atoms with van der Waals surface area (Å²) in [5.41, 5.74) is 0.343. The lowest BCUT2D eigenvalue weighted by Gasteiger charge is -2.29. The summed E-state index contributed by atoms with van der Waals surface area (Å²) >= 11 is 0. The maximum Gasteiger partial charge on any atom is 0.307 e. The summed E-state index contributed by atoms with van der Waals surface area (Å²) in [5, 5.41) is 12.6. The molecular weight excluding hydrogens is 272 g/mol. The van der Waals surface area contributed by atoms with Gasteiger partial charge in [0.25, 0.3) is 0 Å². The zero-order valence-electron chi connectivity index (χ0n) is 10.6. The minimum Gasteiger partial charge on any atom is -0.481 e. The first kappa shape index (κ1) is 14.0. The highest BCUT2D eigenvalue weighted by Gasteiger charge is 2.32. The van der Waals surface area contributed by atoms with Crippen molar-refractivity contribution >= 4 is 16.0 Å². The Morgan fingerprint density at radius 2 is 2.37 bits per heavy atom. The van der Waals surface area contributed by atoms with Gasteiger partial charge in [-0.1, -0.05) is 5.16 Å². The highest BCUT2D eigenvalue weighted by atomic mass is 32.2. The van der Waals surface area contributed by atoms with Gasteiger partial charge in [-0.3, -0.25) is 4.79 Å². The van der Waals surface area contributed by atoms with Gasteiger partial charge in [-0.15, -0.1) is 0 Å². The summed E-state index contributed by atoms with van der Waals surface area (Å²) in [7, 11) is -3.54. The predicted molar refractivity (Wildman–Crippen MR) is 65.8 cm³/mol. The van der Waals surface area contributed by atoms with Crippen LogP contribution in [0.15, 0.2) is 10.6 Å². The van der Waals surface area contributed by atoms with Gasteiger partial charge in [-0.25, -0.2) is 12.7 Å². The Kier molecular flexibility index (Phi) is 3.91. The molecule has 1 aromatic heterocycles. The summed E-state index contributed by atoms with van der Waals surface area (Å²) < 4.78 is 30.4. The third-order valence-electron chi connectivity index (χ3n) is 3.13. The van der Waals surface area contributed by atoms with Gasteiger partial charge in [0, 0.05) is 19.2 Å². The Morgan fingerprint density at radius 3 is 2.95 bits per heavy atom. The Bertz CT molecular complexity index is 565. The van der Waals surface area contributed by atoms with Gasteiger partial charge in [-0.2, -0.15) is 0 Å². The molecule has 1 saturated heterocycles. The number of aromatic nitrogens is 1. The van der Waals surface area contributed by atoms with E-state index in [2.05, 4.69) is 5.16 Å². The van der Waals surface area contributed by atoms with Crippen LogP contribution in [0.4, 0.5) is 0 Å². The smallest absolute Gasteiger partial charge is 0.307 e. The van der Waals surface area contributed by atoms with Crippen molar-refractivity contribution < 1.29 is 22.8 Å². The molecule has 0 aliphatic carbocycles. The summed E-state index contributed by atoms with van der Waals surface area (Å²) in [6.45, 7) is 2.09. The van der Waals surface area contributed by atoms with Crippen LogP contribution in [0.3, 0.4) is 0 Å². The first-order valence-corrected chi connectivity index (χ1v) is 7.62. The summed E-state index contributed by atoms with van der Waals surface area (Å²) in [6, 6.07) is 1.57. The number of sulfonamides is 1. The van der Waals surface area contributed by atoms with Crippen molar-refractivity contribution in [1.29, 1.82) is 0 Å². The fourth-order valence-corrected chi connectivity index (χ4v) is 3.67. The average molecular weight is 288 g/mol. The van der Waals surface area contributed by atoms with Gasteiger partial charge < -0.3 is 9.63 Å². The Balaban J connectivity index is 2.08. The average Bonchev–Trinajstić information content (AvgIpc) is 2.74. The minimum absolute atomic E-state index is 0.0362. The molecular formula is C11H16N2O5S. The summed E-state index contributed by atoms with van der Waals surface area (Å²) in [6.07, 6.45) is 1.08. The zero-order chi connectivity index (χ0) is 14.0. The van der Waals surface area contributed by atoms with E-state index in [1.54, 1.807) is 13.0 Å². The highest BCUT2D eigenvalue weighted by Crippen LogP contribution is 2.21. The lowest BCUT2D eigenvalue weighted by molar-refractivity contribution is -0.142. The number of aliphatic carboxylic acids is 1. The molecule has 0 radical (unpaired) electrons. The summed E-state index contributed by atoms with van der Waals surface area (Å²) in [5.74, 6) is -1.27. The van der Waals surface area contributed by atoms with Crippen molar-refractivity contribution in [3.63, 3.8) is 0 Å². The molecule has 1 N–H and O–H groups in total. The van der Waals surface area contributed by atoms with E-state index in [0.717, 1.165) is 0 Å². The zero-order valence-corrected chi connectivity index (χ0v) is 11.4. The van der Waals surface area contributed by atoms with Gasteiger partial charge in [0.05, 0.1) is 5.92 Å². The van der Waals surface area contributed by atoms with Crippen molar-refractivity contribution in [1.82, 2.24) is 9.46 Å². The second-order valence-corrected chi connectivity index (χ2v) is 6.69. The predicted octanol–water partition coefficient (Wildman–Crippen LogP) is 0.609. The van der Waals surface area contributed by atoms with Crippen molar-refractivity contribution in [2.24, 2.45) is 5.92 Å². The molecule has 8 heteroatoms. The molecule has 0 bridgehead atoms. The fourth-order valence-electron chi connectivity index (χ4n) is 2.16. The Hall–Kier alpha value is -1.41. The van der Waals surface area contributed by atoms with Crippen LogP contribution in [0.5, 0.6) is 0 Å². The number of hydrogen-bond donors (Lipinski definition) is 1. The van der Waals surface area contributed by atoms with E-state index >= 15 is 0 Å². The number of carbonyl (C=O) groups is 1. The van der Waals surface area contributed by atoms with Crippen molar-refractivity contribution in [3.05, 3.63) is 17.5 Å². The molecule has 7 nitrogen and oxygen atoms in total. The van der Waals surface area contributed by atoms with Crippen LogP contribution < -0.4 is 0 Å². The molecule has 1 aromatic rings. The van der Waals surface area contributed by atoms with Crippen LogP contribution in [-0.4, -0.2) is 42.0 Å². The third kappa shape index (κ3) is 3.32. The molecule has 0 amide bonds. The lowest BCUT2D eigenvalue weighted by Crippen LogP contribution is -2.42. The monoisotopic (exact) mass is 288 g/mol. The largest absolute Gasteiger partial charge is 0.481 e. The minimum atomic E-state index is -3.54. The topological polar surface area (TPSA) is 101 Å². The van der Waals surface area contributed by atoms with Crippen molar-refractivity contribution in [2.45, 2.75) is 25.5 Å². The number of aryl methyl sites for hydroxylation is 1. The molecule has 1 atom stereocenters. The SMILES string of the molecule is Cc1cc(CS(=O)(=O)N2CCC[C@H](C(=O)O)C2)no1. The van der Waals surface area contributed by atoms with E-state index in [4.69, 9.17) is 9.63 Å².